The van der Waals surface area contributed by atoms with Gasteiger partial charge in [0.1, 0.15) is 5.82 Å². The highest BCUT2D eigenvalue weighted by atomic mass is 35.5. The van der Waals surface area contributed by atoms with Crippen LogP contribution in [0.2, 0.25) is 5.02 Å². The van der Waals surface area contributed by atoms with E-state index < -0.39 is 12.0 Å². The van der Waals surface area contributed by atoms with E-state index in [1.165, 1.54) is 6.07 Å². The lowest BCUT2D eigenvalue weighted by atomic mass is 10.1. The lowest BCUT2D eigenvalue weighted by molar-refractivity contribution is 0.551. The number of rotatable bonds is 1. The van der Waals surface area contributed by atoms with Crippen molar-refractivity contribution < 1.29 is 4.39 Å². The maximum atomic E-state index is 14.3. The van der Waals surface area contributed by atoms with E-state index in [1.807, 2.05) is 24.3 Å². The summed E-state index contributed by atoms with van der Waals surface area (Å²) in [4.78, 5) is 8.78. The van der Waals surface area contributed by atoms with Crippen LogP contribution in [0.3, 0.4) is 0 Å². The van der Waals surface area contributed by atoms with Gasteiger partial charge in [-0.3, -0.25) is 9.88 Å². The normalized spacial score (nSPS) is 17.0. The fraction of sp³-hybridized carbons (Fsp3) is 0.0667. The largest absolute Gasteiger partial charge is 0.370 e. The molecule has 2 aromatic carbocycles. The third-order valence-electron chi connectivity index (χ3n) is 3.60. The predicted molar refractivity (Wildman–Crippen MR) is 84.5 cm³/mol. The SMILES string of the molecule is NC1=N[C@H](c2c(F)cccc2Cl)n2c(nc3ccccc32)N1. The van der Waals surface area contributed by atoms with Crippen molar-refractivity contribution in [1.82, 2.24) is 9.55 Å². The highest BCUT2D eigenvalue weighted by molar-refractivity contribution is 6.31. The van der Waals surface area contributed by atoms with Gasteiger partial charge in [0.25, 0.3) is 0 Å². The van der Waals surface area contributed by atoms with Gasteiger partial charge in [-0.1, -0.05) is 29.8 Å². The molecule has 1 aliphatic heterocycles. The van der Waals surface area contributed by atoms with E-state index in [2.05, 4.69) is 15.3 Å². The van der Waals surface area contributed by atoms with Gasteiger partial charge in [-0.25, -0.2) is 14.4 Å². The number of imidazole rings is 1. The molecule has 0 aliphatic carbocycles. The number of benzene rings is 2. The average molecular weight is 316 g/mol. The first kappa shape index (κ1) is 13.1. The van der Waals surface area contributed by atoms with E-state index in [0.717, 1.165) is 11.0 Å². The van der Waals surface area contributed by atoms with Crippen molar-refractivity contribution in [3.8, 4) is 0 Å². The smallest absolute Gasteiger partial charge is 0.212 e. The molecule has 3 N–H and O–H groups in total. The Balaban J connectivity index is 2.03. The third kappa shape index (κ3) is 1.84. The molecule has 0 radical (unpaired) electrons. The molecule has 7 heteroatoms. The molecule has 0 spiro atoms. The minimum atomic E-state index is -0.697. The summed E-state index contributed by atoms with van der Waals surface area (Å²) < 4.78 is 16.1. The number of fused-ring (bicyclic) bond motifs is 3. The monoisotopic (exact) mass is 315 g/mol. The second-order valence-corrected chi connectivity index (χ2v) is 5.35. The van der Waals surface area contributed by atoms with Crippen LogP contribution in [0, 0.1) is 5.82 Å². The average Bonchev–Trinajstić information content (AvgIpc) is 2.84. The Kier molecular flexibility index (Phi) is 2.80. The fourth-order valence-electron chi connectivity index (χ4n) is 2.67. The van der Waals surface area contributed by atoms with Crippen molar-refractivity contribution in [3.63, 3.8) is 0 Å². The van der Waals surface area contributed by atoms with Crippen LogP contribution in [0.5, 0.6) is 0 Å². The molecule has 5 nitrogen and oxygen atoms in total. The number of hydrogen-bond acceptors (Lipinski definition) is 4. The Hall–Kier alpha value is -2.60. The molecular formula is C15H11ClFN5. The van der Waals surface area contributed by atoms with Crippen LogP contribution in [0.25, 0.3) is 11.0 Å². The number of nitrogens with zero attached hydrogens (tertiary/aromatic N) is 3. The fourth-order valence-corrected chi connectivity index (χ4v) is 2.93. The molecule has 0 fully saturated rings. The van der Waals surface area contributed by atoms with Gasteiger partial charge in [-0.2, -0.15) is 0 Å². The topological polar surface area (TPSA) is 68.2 Å². The summed E-state index contributed by atoms with van der Waals surface area (Å²) in [7, 11) is 0. The van der Waals surface area contributed by atoms with Crippen LogP contribution in [-0.2, 0) is 0 Å². The molecule has 0 amide bonds. The number of nitrogens with one attached hydrogen (secondary N) is 1. The minimum Gasteiger partial charge on any atom is -0.370 e. The molecule has 0 bridgehead atoms. The Morgan fingerprint density at radius 1 is 1.18 bits per heavy atom. The zero-order valence-corrected chi connectivity index (χ0v) is 12.0. The van der Waals surface area contributed by atoms with Crippen LogP contribution in [-0.4, -0.2) is 15.5 Å². The Bertz CT molecular complexity index is 897. The molecule has 1 atom stereocenters. The van der Waals surface area contributed by atoms with Crippen molar-refractivity contribution >= 4 is 34.5 Å². The van der Waals surface area contributed by atoms with Gasteiger partial charge in [0.2, 0.25) is 5.95 Å². The van der Waals surface area contributed by atoms with E-state index in [1.54, 1.807) is 16.7 Å². The second-order valence-electron chi connectivity index (χ2n) is 4.94. The zero-order valence-electron chi connectivity index (χ0n) is 11.3. The lowest BCUT2D eigenvalue weighted by Crippen LogP contribution is -2.31. The molecule has 0 saturated carbocycles. The van der Waals surface area contributed by atoms with Crippen molar-refractivity contribution in [2.75, 3.05) is 5.32 Å². The molecule has 1 aliphatic rings. The third-order valence-corrected chi connectivity index (χ3v) is 3.93. The molecule has 22 heavy (non-hydrogen) atoms. The van der Waals surface area contributed by atoms with Gasteiger partial charge in [-0.15, -0.1) is 0 Å². The number of hydrogen-bond donors (Lipinski definition) is 2. The van der Waals surface area contributed by atoms with Gasteiger partial charge < -0.3 is 5.73 Å². The summed E-state index contributed by atoms with van der Waals surface area (Å²) in [6.07, 6.45) is -0.697. The Labute approximate surface area is 130 Å². The van der Waals surface area contributed by atoms with E-state index >= 15 is 0 Å². The van der Waals surface area contributed by atoms with Gasteiger partial charge >= 0.3 is 0 Å². The molecule has 110 valence electrons. The highest BCUT2D eigenvalue weighted by Crippen LogP contribution is 2.36. The molecule has 3 aromatic rings. The number of para-hydroxylation sites is 2. The van der Waals surface area contributed by atoms with Gasteiger partial charge in [0, 0.05) is 0 Å². The van der Waals surface area contributed by atoms with Crippen molar-refractivity contribution in [1.29, 1.82) is 0 Å². The van der Waals surface area contributed by atoms with Crippen LogP contribution >= 0.6 is 11.6 Å². The van der Waals surface area contributed by atoms with Crippen molar-refractivity contribution in [2.24, 2.45) is 10.7 Å². The first-order chi connectivity index (χ1) is 10.6. The lowest BCUT2D eigenvalue weighted by Gasteiger charge is -2.24. The maximum absolute atomic E-state index is 14.3. The number of anilines is 1. The van der Waals surface area contributed by atoms with Gasteiger partial charge in [0.15, 0.2) is 12.1 Å². The van der Waals surface area contributed by atoms with Crippen LogP contribution in [0.1, 0.15) is 11.7 Å². The zero-order chi connectivity index (χ0) is 15.3. The van der Waals surface area contributed by atoms with E-state index in [0.29, 0.717) is 11.0 Å². The second kappa shape index (κ2) is 4.71. The van der Waals surface area contributed by atoms with E-state index in [4.69, 9.17) is 17.3 Å². The molecular weight excluding hydrogens is 305 g/mol. The summed E-state index contributed by atoms with van der Waals surface area (Å²) in [5, 5.41) is 3.20. The van der Waals surface area contributed by atoms with Crippen LogP contribution in [0.4, 0.5) is 10.3 Å². The molecule has 1 aromatic heterocycles. The van der Waals surface area contributed by atoms with Gasteiger partial charge in [-0.05, 0) is 24.3 Å². The highest BCUT2D eigenvalue weighted by Gasteiger charge is 2.28. The van der Waals surface area contributed by atoms with Crippen molar-refractivity contribution in [2.45, 2.75) is 6.17 Å². The number of aromatic nitrogens is 2. The van der Waals surface area contributed by atoms with Crippen molar-refractivity contribution in [3.05, 3.63) is 58.9 Å². The van der Waals surface area contributed by atoms with Gasteiger partial charge in [0.05, 0.1) is 21.6 Å². The number of aliphatic imine (C=N–C) groups is 1. The summed E-state index contributed by atoms with van der Waals surface area (Å²) in [6.45, 7) is 0. The Morgan fingerprint density at radius 2 is 2.00 bits per heavy atom. The number of guanidine groups is 1. The molecule has 0 saturated heterocycles. The van der Waals surface area contributed by atoms with Crippen LogP contribution < -0.4 is 11.1 Å². The van der Waals surface area contributed by atoms with E-state index in [-0.39, 0.29) is 11.5 Å². The maximum Gasteiger partial charge on any atom is 0.212 e. The summed E-state index contributed by atoms with van der Waals surface area (Å²) in [5.74, 6) is 0.254. The van der Waals surface area contributed by atoms with Crippen LogP contribution in [0.15, 0.2) is 47.5 Å². The summed E-state index contributed by atoms with van der Waals surface area (Å²) >= 11 is 6.19. The van der Waals surface area contributed by atoms with E-state index in [9.17, 15) is 4.39 Å². The quantitative estimate of drug-likeness (QED) is 0.725. The molecule has 2 heterocycles. The predicted octanol–water partition coefficient (Wildman–Crippen LogP) is 3.12. The number of nitrogens with two attached hydrogens (primary N) is 1. The minimum absolute atomic E-state index is 0.173. The summed E-state index contributed by atoms with van der Waals surface area (Å²) in [6, 6.07) is 12.1. The molecule has 0 unspecified atom stereocenters. The summed E-state index contributed by atoms with van der Waals surface area (Å²) in [5.41, 5.74) is 7.69. The Morgan fingerprint density at radius 3 is 2.82 bits per heavy atom. The molecule has 4 rings (SSSR count). The first-order valence-corrected chi connectivity index (χ1v) is 7.04. The number of halogens is 2. The first-order valence-electron chi connectivity index (χ1n) is 6.66. The standard InChI is InChI=1S/C15H11ClFN5/c16-8-4-3-5-9(17)12(8)13-20-14(18)21-15-19-10-6-1-2-7-11(10)22(13)15/h1-7,13H,(H3,18,19,20,21)/t13-/m0/s1.